The number of nitrogens with one attached hydrogen (secondary N) is 2. The van der Waals surface area contributed by atoms with Crippen LogP contribution in [0.1, 0.15) is 78.7 Å². The van der Waals surface area contributed by atoms with Crippen molar-refractivity contribution in [3.63, 3.8) is 0 Å². The normalized spacial score (nSPS) is 19.7. The summed E-state index contributed by atoms with van der Waals surface area (Å²) in [6.07, 6.45) is 1.83. The van der Waals surface area contributed by atoms with Gasteiger partial charge in [-0.15, -0.1) is 0 Å². The molecule has 6 rings (SSSR count). The molecule has 13 heteroatoms. The second-order valence-corrected chi connectivity index (χ2v) is 14.9. The predicted octanol–water partition coefficient (Wildman–Crippen LogP) is 6.53. The van der Waals surface area contributed by atoms with Gasteiger partial charge >= 0.3 is 6.18 Å². The number of imide groups is 1. The van der Waals surface area contributed by atoms with Crippen molar-refractivity contribution in [2.75, 3.05) is 45.2 Å². The van der Waals surface area contributed by atoms with Crippen LogP contribution < -0.4 is 20.9 Å². The summed E-state index contributed by atoms with van der Waals surface area (Å²) in [6.45, 7) is 8.11. The Morgan fingerprint density at radius 2 is 1.62 bits per heavy atom. The minimum atomic E-state index is -4.53. The van der Waals surface area contributed by atoms with Gasteiger partial charge in [-0.1, -0.05) is 6.07 Å². The summed E-state index contributed by atoms with van der Waals surface area (Å²) in [7, 11) is 3.24. The van der Waals surface area contributed by atoms with Crippen molar-refractivity contribution in [2.24, 2.45) is 13.0 Å². The lowest BCUT2D eigenvalue weighted by Gasteiger charge is -2.36. The van der Waals surface area contributed by atoms with Crippen LogP contribution in [0.25, 0.3) is 11.1 Å². The highest BCUT2D eigenvalue weighted by atomic mass is 19.4. The van der Waals surface area contributed by atoms with Crippen molar-refractivity contribution in [3.8, 4) is 16.9 Å². The van der Waals surface area contributed by atoms with E-state index in [9.17, 15) is 27.6 Å². The number of carbonyl (C=O) groups excluding carboxylic acids is 2. The molecule has 3 aromatic rings. The minimum Gasteiger partial charge on any atom is -0.496 e. The molecule has 1 aromatic heterocycles. The topological polar surface area (TPSA) is 95.9 Å². The van der Waals surface area contributed by atoms with Crippen LogP contribution in [0.5, 0.6) is 5.75 Å². The maximum absolute atomic E-state index is 15.6. The molecule has 0 bridgehead atoms. The van der Waals surface area contributed by atoms with Crippen LogP contribution >= 0.6 is 0 Å². The first-order valence-electron chi connectivity index (χ1n) is 18.5. The van der Waals surface area contributed by atoms with E-state index in [0.717, 1.165) is 69.2 Å². The molecule has 2 aromatic carbocycles. The van der Waals surface area contributed by atoms with Gasteiger partial charge in [-0.2, -0.15) is 13.2 Å². The first kappa shape index (κ1) is 38.5. The Hall–Kier alpha value is -4.23. The summed E-state index contributed by atoms with van der Waals surface area (Å²) in [4.78, 5) is 40.6. The number of carbonyl (C=O) groups is 2. The second kappa shape index (κ2) is 16.0. The number of alkyl halides is 3. The molecule has 0 radical (unpaired) electrons. The molecule has 9 nitrogen and oxygen atoms in total. The summed E-state index contributed by atoms with van der Waals surface area (Å²) < 4.78 is 65.5. The Morgan fingerprint density at radius 3 is 2.28 bits per heavy atom. The molecule has 1 unspecified atom stereocenters. The van der Waals surface area contributed by atoms with E-state index < -0.39 is 23.7 Å². The van der Waals surface area contributed by atoms with Crippen molar-refractivity contribution in [1.82, 2.24) is 19.7 Å². The molecule has 1 atom stereocenters. The number of aromatic nitrogens is 1. The molecule has 2 amide bonds. The number of nitrogens with zero attached hydrogens (tertiary/aromatic N) is 3. The predicted molar refractivity (Wildman–Crippen MR) is 195 cm³/mol. The highest BCUT2D eigenvalue weighted by molar-refractivity contribution is 6.01. The number of amides is 2. The molecule has 3 aliphatic rings. The quantitative estimate of drug-likeness (QED) is 0.180. The Morgan fingerprint density at radius 1 is 0.925 bits per heavy atom. The number of hydrogen-bond acceptors (Lipinski definition) is 7. The fourth-order valence-electron chi connectivity index (χ4n) is 8.14. The molecule has 4 heterocycles. The Balaban J connectivity index is 0.991. The molecule has 3 aliphatic heterocycles. The average Bonchev–Trinajstić information content (AvgIpc) is 3.13. The summed E-state index contributed by atoms with van der Waals surface area (Å²) in [6, 6.07) is 6.85. The Bertz CT molecular complexity index is 1890. The standard InChI is InChI=1S/C40H49F4N5O4/c1-24-25(2)39(52)47(3)22-31(24)28-19-34(41)32(36(20-28)53-4)23-49-15-10-26(11-16-49)9-14-48-17-12-27(13-18-48)30-6-5-29(21-33(30)40(42,43)44)45-35-7-8-37(50)46-38(35)51/h5-6,19-22,26-27,35,45H,7-18,23H2,1-4H3,(H,46,50,51). The Kier molecular flexibility index (Phi) is 11.6. The van der Waals surface area contributed by atoms with Crippen molar-refractivity contribution in [3.05, 3.63) is 80.5 Å². The van der Waals surface area contributed by atoms with Gasteiger partial charge in [-0.25, -0.2) is 4.39 Å². The number of rotatable bonds is 10. The molecule has 0 spiro atoms. The number of halogens is 4. The largest absolute Gasteiger partial charge is 0.496 e. The zero-order chi connectivity index (χ0) is 38.0. The van der Waals surface area contributed by atoms with Gasteiger partial charge in [0.2, 0.25) is 11.8 Å². The first-order chi connectivity index (χ1) is 25.2. The number of pyridine rings is 1. The van der Waals surface area contributed by atoms with Gasteiger partial charge in [0.15, 0.2) is 0 Å². The van der Waals surface area contributed by atoms with E-state index in [1.165, 1.54) is 16.7 Å². The van der Waals surface area contributed by atoms with Crippen molar-refractivity contribution < 1.29 is 31.9 Å². The lowest BCUT2D eigenvalue weighted by molar-refractivity contribution is -0.138. The molecule has 53 heavy (non-hydrogen) atoms. The minimum absolute atomic E-state index is 0.0754. The number of likely N-dealkylation sites (tertiary alicyclic amines) is 2. The van der Waals surface area contributed by atoms with Crippen molar-refractivity contribution in [2.45, 2.75) is 83.5 Å². The molecule has 3 fully saturated rings. The van der Waals surface area contributed by atoms with Crippen LogP contribution in [0.3, 0.4) is 0 Å². The SMILES string of the molecule is COc1cc(-c2cn(C)c(=O)c(C)c2C)cc(F)c1CN1CCC(CCN2CCC(c3ccc(NC4CCC(=O)NC4=O)cc3C(F)(F)F)CC2)CC1. The maximum atomic E-state index is 15.6. The van der Waals surface area contributed by atoms with Crippen molar-refractivity contribution >= 4 is 17.5 Å². The lowest BCUT2D eigenvalue weighted by Crippen LogP contribution is -2.47. The van der Waals surface area contributed by atoms with Gasteiger partial charge in [-0.05, 0) is 138 Å². The van der Waals surface area contributed by atoms with E-state index in [0.29, 0.717) is 53.3 Å². The zero-order valence-corrected chi connectivity index (χ0v) is 30.9. The third kappa shape index (κ3) is 8.78. The van der Waals surface area contributed by atoms with Crippen LogP contribution in [0.15, 0.2) is 41.3 Å². The highest BCUT2D eigenvalue weighted by Crippen LogP contribution is 2.41. The van der Waals surface area contributed by atoms with Crippen LogP contribution in [0.2, 0.25) is 0 Å². The number of aryl methyl sites for hydroxylation is 1. The molecular formula is C40H49F4N5O4. The van der Waals surface area contributed by atoms with Crippen LogP contribution in [-0.4, -0.2) is 72.1 Å². The summed E-state index contributed by atoms with van der Waals surface area (Å²) >= 11 is 0. The highest BCUT2D eigenvalue weighted by Gasteiger charge is 2.37. The first-order valence-corrected chi connectivity index (χ1v) is 18.5. The fraction of sp³-hybridized carbons (Fsp3) is 0.525. The number of methoxy groups -OCH3 is 1. The van der Waals surface area contributed by atoms with Gasteiger partial charge in [0.1, 0.15) is 17.6 Å². The van der Waals surface area contributed by atoms with Crippen LogP contribution in [0, 0.1) is 25.6 Å². The second-order valence-electron chi connectivity index (χ2n) is 14.9. The lowest BCUT2D eigenvalue weighted by atomic mass is 9.85. The van der Waals surface area contributed by atoms with E-state index in [-0.39, 0.29) is 41.7 Å². The van der Waals surface area contributed by atoms with Crippen LogP contribution in [-0.2, 0) is 29.4 Å². The number of hydrogen-bond donors (Lipinski definition) is 2. The van der Waals surface area contributed by atoms with E-state index in [1.54, 1.807) is 33.3 Å². The van der Waals surface area contributed by atoms with E-state index in [4.69, 9.17) is 4.74 Å². The van der Waals surface area contributed by atoms with E-state index in [1.807, 2.05) is 13.0 Å². The van der Waals surface area contributed by atoms with Gasteiger partial charge in [0.25, 0.3) is 5.56 Å². The number of anilines is 1. The fourth-order valence-corrected chi connectivity index (χ4v) is 8.14. The third-order valence-corrected chi connectivity index (χ3v) is 11.5. The van der Waals surface area contributed by atoms with Crippen molar-refractivity contribution in [1.29, 1.82) is 0 Å². The molecule has 0 saturated carbocycles. The Labute approximate surface area is 307 Å². The summed E-state index contributed by atoms with van der Waals surface area (Å²) in [5.41, 5.74) is 3.17. The molecule has 2 N–H and O–H groups in total. The van der Waals surface area contributed by atoms with Gasteiger partial charge < -0.3 is 19.5 Å². The van der Waals surface area contributed by atoms with E-state index in [2.05, 4.69) is 20.4 Å². The summed E-state index contributed by atoms with van der Waals surface area (Å²) in [5, 5.41) is 5.10. The molecule has 0 aliphatic carbocycles. The summed E-state index contributed by atoms with van der Waals surface area (Å²) in [5.74, 6) is -0.445. The van der Waals surface area contributed by atoms with Crippen LogP contribution in [0.4, 0.5) is 23.2 Å². The maximum Gasteiger partial charge on any atom is 0.416 e. The molecule has 3 saturated heterocycles. The zero-order valence-electron chi connectivity index (χ0n) is 30.9. The molecule has 286 valence electrons. The number of piperidine rings is 3. The smallest absolute Gasteiger partial charge is 0.416 e. The average molecular weight is 740 g/mol. The molecular weight excluding hydrogens is 690 g/mol. The van der Waals surface area contributed by atoms with Gasteiger partial charge in [-0.3, -0.25) is 24.6 Å². The van der Waals surface area contributed by atoms with E-state index >= 15 is 4.39 Å². The third-order valence-electron chi connectivity index (χ3n) is 11.5. The number of benzene rings is 2. The van der Waals surface area contributed by atoms with Gasteiger partial charge in [0.05, 0.1) is 12.7 Å². The van der Waals surface area contributed by atoms with Gasteiger partial charge in [0, 0.05) is 48.6 Å². The monoisotopic (exact) mass is 739 g/mol. The number of ether oxygens (including phenoxy) is 1.